The van der Waals surface area contributed by atoms with E-state index < -0.39 is 0 Å². The Bertz CT molecular complexity index is 919. The third-order valence-electron chi connectivity index (χ3n) is 5.57. The van der Waals surface area contributed by atoms with Gasteiger partial charge in [0.15, 0.2) is 0 Å². The van der Waals surface area contributed by atoms with Crippen LogP contribution >= 0.6 is 0 Å². The number of hydrogen-bond donors (Lipinski definition) is 1. The van der Waals surface area contributed by atoms with E-state index in [-0.39, 0.29) is 5.92 Å². The van der Waals surface area contributed by atoms with Crippen LogP contribution in [0, 0.1) is 12.8 Å². The van der Waals surface area contributed by atoms with Gasteiger partial charge in [0.2, 0.25) is 0 Å². The van der Waals surface area contributed by atoms with E-state index in [1.807, 2.05) is 42.2 Å². The Labute approximate surface area is 171 Å². The second kappa shape index (κ2) is 9.11. The minimum absolute atomic E-state index is 0.00328. The lowest BCUT2D eigenvalue weighted by molar-refractivity contribution is 0.442. The van der Waals surface area contributed by atoms with Gasteiger partial charge in [-0.15, -0.1) is 5.10 Å². The van der Waals surface area contributed by atoms with E-state index in [0.717, 1.165) is 29.1 Å². The molecule has 1 aliphatic heterocycles. The van der Waals surface area contributed by atoms with Crippen LogP contribution in [0.1, 0.15) is 49.8 Å². The van der Waals surface area contributed by atoms with E-state index in [2.05, 4.69) is 21.4 Å². The molecule has 0 spiro atoms. The van der Waals surface area contributed by atoms with E-state index >= 15 is 0 Å². The first kappa shape index (κ1) is 19.5. The molecule has 4 rings (SSSR count). The van der Waals surface area contributed by atoms with Crippen molar-refractivity contribution in [1.82, 2.24) is 15.0 Å². The summed E-state index contributed by atoms with van der Waals surface area (Å²) in [5.41, 5.74) is 10.5. The van der Waals surface area contributed by atoms with Crippen LogP contribution < -0.4 is 5.73 Å². The van der Waals surface area contributed by atoms with Crippen molar-refractivity contribution in [2.75, 3.05) is 6.54 Å². The highest BCUT2D eigenvalue weighted by molar-refractivity contribution is 6.12. The molecule has 1 atom stereocenters. The highest BCUT2D eigenvalue weighted by atomic mass is 15.4. The van der Waals surface area contributed by atoms with Gasteiger partial charge in [-0.1, -0.05) is 36.6 Å². The summed E-state index contributed by atoms with van der Waals surface area (Å²) in [5, 5.41) is 8.15. The van der Waals surface area contributed by atoms with Crippen LogP contribution in [0.3, 0.4) is 0 Å². The number of nitrogens with two attached hydrogens (primary N) is 1. The van der Waals surface area contributed by atoms with Crippen molar-refractivity contribution in [2.45, 2.75) is 58.0 Å². The number of aryl methyl sites for hydroxylation is 1. The molecule has 7 nitrogen and oxygen atoms in total. The molecule has 7 heteroatoms. The lowest BCUT2D eigenvalue weighted by Crippen LogP contribution is -2.36. The third-order valence-corrected chi connectivity index (χ3v) is 5.57. The van der Waals surface area contributed by atoms with Crippen LogP contribution in [0.4, 0.5) is 5.69 Å². The Morgan fingerprint density at radius 1 is 1.24 bits per heavy atom. The lowest BCUT2D eigenvalue weighted by atomic mass is 9.93. The van der Waals surface area contributed by atoms with Crippen molar-refractivity contribution in [3.8, 4) is 0 Å². The van der Waals surface area contributed by atoms with Crippen LogP contribution in [-0.2, 0) is 6.54 Å². The number of aromatic nitrogens is 3. The molecule has 1 aromatic carbocycles. The summed E-state index contributed by atoms with van der Waals surface area (Å²) in [4.78, 5) is 14.2. The molecule has 1 saturated carbocycles. The predicted molar refractivity (Wildman–Crippen MR) is 117 cm³/mol. The molecule has 1 fully saturated rings. The minimum Gasteiger partial charge on any atom is -0.387 e. The maximum absolute atomic E-state index is 6.45. The van der Waals surface area contributed by atoms with Crippen LogP contribution in [-0.4, -0.2) is 45.3 Å². The zero-order valence-electron chi connectivity index (χ0n) is 17.0. The molecule has 0 radical (unpaired) electrons. The van der Waals surface area contributed by atoms with Crippen molar-refractivity contribution in [1.29, 1.82) is 0 Å². The number of nitrogens with zero attached hydrogens (tertiary/aromatic N) is 6. The number of rotatable bonds is 5. The fourth-order valence-corrected chi connectivity index (χ4v) is 4.05. The normalized spacial score (nSPS) is 22.3. The van der Waals surface area contributed by atoms with Gasteiger partial charge in [0, 0.05) is 30.6 Å². The van der Waals surface area contributed by atoms with Gasteiger partial charge in [-0.05, 0) is 37.5 Å². The highest BCUT2D eigenvalue weighted by Gasteiger charge is 2.24. The van der Waals surface area contributed by atoms with Crippen LogP contribution in [0.15, 0.2) is 45.4 Å². The number of aliphatic imine (C=N–C) groups is 3. The molecule has 2 heterocycles. The second-order valence-electron chi connectivity index (χ2n) is 7.98. The SMILES string of the molecule is Cc1cn(Cc2cccc(N=C(N)C3CN=CCC3=NC3CCCCC3)c2)nn1. The summed E-state index contributed by atoms with van der Waals surface area (Å²) in [7, 11) is 0. The van der Waals surface area contributed by atoms with Crippen LogP contribution in [0.25, 0.3) is 0 Å². The fourth-order valence-electron chi connectivity index (χ4n) is 4.05. The highest BCUT2D eigenvalue weighted by Crippen LogP contribution is 2.23. The Morgan fingerprint density at radius 3 is 2.90 bits per heavy atom. The van der Waals surface area contributed by atoms with Crippen LogP contribution in [0.5, 0.6) is 0 Å². The maximum atomic E-state index is 6.45. The molecule has 0 bridgehead atoms. The Kier molecular flexibility index (Phi) is 6.12. The van der Waals surface area contributed by atoms with Gasteiger partial charge in [0.25, 0.3) is 0 Å². The Balaban J connectivity index is 1.51. The summed E-state index contributed by atoms with van der Waals surface area (Å²) in [6, 6.07) is 8.53. The van der Waals surface area contributed by atoms with E-state index in [1.54, 1.807) is 0 Å². The molecule has 2 aromatic rings. The molecule has 152 valence electrons. The maximum Gasteiger partial charge on any atom is 0.110 e. The van der Waals surface area contributed by atoms with Gasteiger partial charge in [-0.2, -0.15) is 0 Å². The topological polar surface area (TPSA) is 93.8 Å². The molecular weight excluding hydrogens is 362 g/mol. The molecule has 2 N–H and O–H groups in total. The molecule has 2 aliphatic rings. The summed E-state index contributed by atoms with van der Waals surface area (Å²) >= 11 is 0. The van der Waals surface area contributed by atoms with E-state index in [0.29, 0.717) is 25.0 Å². The van der Waals surface area contributed by atoms with Gasteiger partial charge in [0.1, 0.15) is 5.84 Å². The predicted octanol–water partition coefficient (Wildman–Crippen LogP) is 3.49. The van der Waals surface area contributed by atoms with Gasteiger partial charge >= 0.3 is 0 Å². The third kappa shape index (κ3) is 5.16. The molecule has 1 aliphatic carbocycles. The van der Waals surface area contributed by atoms with E-state index in [1.165, 1.54) is 32.1 Å². The van der Waals surface area contributed by atoms with Crippen molar-refractivity contribution >= 4 is 23.4 Å². The molecular formula is C22H29N7. The fraction of sp³-hybridized carbons (Fsp3) is 0.500. The van der Waals surface area contributed by atoms with Gasteiger partial charge in [-0.25, -0.2) is 9.67 Å². The van der Waals surface area contributed by atoms with Gasteiger partial charge in [0.05, 0.1) is 30.4 Å². The van der Waals surface area contributed by atoms with Crippen molar-refractivity contribution in [2.24, 2.45) is 26.6 Å². The summed E-state index contributed by atoms with van der Waals surface area (Å²) in [5.74, 6) is 0.605. The first-order valence-corrected chi connectivity index (χ1v) is 10.5. The molecule has 29 heavy (non-hydrogen) atoms. The second-order valence-corrected chi connectivity index (χ2v) is 7.98. The number of hydrogen-bond acceptors (Lipinski definition) is 5. The first-order chi connectivity index (χ1) is 14.2. The quantitative estimate of drug-likeness (QED) is 0.624. The summed E-state index contributed by atoms with van der Waals surface area (Å²) < 4.78 is 1.83. The zero-order valence-corrected chi connectivity index (χ0v) is 17.0. The summed E-state index contributed by atoms with van der Waals surface area (Å²) in [6.07, 6.45) is 10.9. The van der Waals surface area contributed by atoms with E-state index in [4.69, 9.17) is 15.7 Å². The molecule has 0 saturated heterocycles. The monoisotopic (exact) mass is 391 g/mol. The van der Waals surface area contributed by atoms with E-state index in [9.17, 15) is 0 Å². The average Bonchev–Trinajstić information content (AvgIpc) is 3.14. The Hall–Kier alpha value is -2.83. The van der Waals surface area contributed by atoms with Crippen molar-refractivity contribution in [3.63, 3.8) is 0 Å². The lowest BCUT2D eigenvalue weighted by Gasteiger charge is -2.24. The minimum atomic E-state index is 0.00328. The Morgan fingerprint density at radius 2 is 2.10 bits per heavy atom. The van der Waals surface area contributed by atoms with Gasteiger partial charge in [-0.3, -0.25) is 9.98 Å². The number of benzene rings is 1. The summed E-state index contributed by atoms with van der Waals surface area (Å²) in [6.45, 7) is 3.23. The zero-order chi connectivity index (χ0) is 20.1. The average molecular weight is 392 g/mol. The smallest absolute Gasteiger partial charge is 0.110 e. The standard InChI is InChI=1S/C22H29N7/c1-16-14-29(28-27-16)15-17-6-5-9-19(12-17)26-22(23)20-13-24-11-10-21(20)25-18-7-3-2-4-8-18/h5-6,9,11-12,14,18,20H,2-4,7-8,10,13,15H2,1H3,(H2,23,26). The molecule has 1 unspecified atom stereocenters. The van der Waals surface area contributed by atoms with Crippen molar-refractivity contribution in [3.05, 3.63) is 41.7 Å². The van der Waals surface area contributed by atoms with Crippen LogP contribution in [0.2, 0.25) is 0 Å². The van der Waals surface area contributed by atoms with Gasteiger partial charge < -0.3 is 5.73 Å². The largest absolute Gasteiger partial charge is 0.387 e. The first-order valence-electron chi connectivity index (χ1n) is 10.5. The van der Waals surface area contributed by atoms with Crippen molar-refractivity contribution < 1.29 is 0 Å². The number of amidine groups is 1. The molecule has 0 amide bonds. The molecule has 1 aromatic heterocycles.